The Labute approximate surface area is 330 Å². The molecule has 0 radical (unpaired) electrons. The summed E-state index contributed by atoms with van der Waals surface area (Å²) in [6.07, 6.45) is 16.2. The number of hydrogen-bond donors (Lipinski definition) is 4. The third-order valence-electron chi connectivity index (χ3n) is 10.7. The molecule has 0 spiro atoms. The molecule has 0 bridgehead atoms. The zero-order valence-electron chi connectivity index (χ0n) is 33.5. The first-order valence-corrected chi connectivity index (χ1v) is 21.0. The number of amides is 2. The van der Waals surface area contributed by atoms with Crippen LogP contribution in [0, 0.1) is 0 Å². The molecule has 3 atom stereocenters. The third-order valence-corrected chi connectivity index (χ3v) is 10.7. The highest BCUT2D eigenvalue weighted by molar-refractivity contribution is 5.78. The Morgan fingerprint density at radius 3 is 1.95 bits per heavy atom. The van der Waals surface area contributed by atoms with Gasteiger partial charge in [0.15, 0.2) is 6.29 Å². The van der Waals surface area contributed by atoms with Crippen LogP contribution in [-0.4, -0.2) is 52.8 Å². The molecule has 0 unspecified atom stereocenters. The summed E-state index contributed by atoms with van der Waals surface area (Å²) >= 11 is 0. The summed E-state index contributed by atoms with van der Waals surface area (Å²) in [6.45, 7) is 7.98. The van der Waals surface area contributed by atoms with Crippen molar-refractivity contribution in [2.75, 3.05) is 19.6 Å². The van der Waals surface area contributed by atoms with Gasteiger partial charge in [-0.2, -0.15) is 0 Å². The number of carbonyl (C=O) groups is 2. The van der Waals surface area contributed by atoms with Gasteiger partial charge in [0.1, 0.15) is 0 Å². The molecule has 1 fully saturated rings. The molecule has 302 valence electrons. The lowest BCUT2D eigenvalue weighted by atomic mass is 9.97. The number of aliphatic hydroxyl groups is 1. The zero-order chi connectivity index (χ0) is 39.1. The Balaban J connectivity index is 1.46. The molecule has 0 aromatic heterocycles. The number of nitrogens with zero attached hydrogens (tertiary/aromatic N) is 1. The van der Waals surface area contributed by atoms with E-state index in [1.807, 2.05) is 30.3 Å². The molecule has 4 N–H and O–H groups in total. The highest BCUT2D eigenvalue weighted by Crippen LogP contribution is 2.39. The first kappa shape index (κ1) is 44.1. The predicted octanol–water partition coefficient (Wildman–Crippen LogP) is 9.71. The summed E-state index contributed by atoms with van der Waals surface area (Å²) in [5.74, 6) is -0.641. The number of benzene rings is 3. The lowest BCUT2D eigenvalue weighted by Gasteiger charge is -2.38. The minimum atomic E-state index is -0.525. The molecule has 1 heterocycles. The molecule has 55 heavy (non-hydrogen) atoms. The molecule has 0 saturated carbocycles. The number of nitrogens with one attached hydrogen (secondary N) is 2. The molecule has 2 amide bonds. The minimum Gasteiger partial charge on any atom is -0.392 e. The topological polar surface area (TPSA) is 120 Å². The van der Waals surface area contributed by atoms with Crippen molar-refractivity contribution in [3.63, 3.8) is 0 Å². The molecular formula is C46H67N3O6. The number of hydrogen-bond acceptors (Lipinski definition) is 7. The van der Waals surface area contributed by atoms with E-state index in [0.717, 1.165) is 59.4 Å². The average Bonchev–Trinajstić information content (AvgIpc) is 3.22. The normalized spacial score (nSPS) is 17.0. The standard InChI is InChI=1S/C46H67N3O6/c1-3-5-7-9-11-15-30-49(31-16-12-10-8-6-4-2)34-41-32-43(38-24-22-36(35-50)23-25-38)55-46(54-41)39-28-26-37(27-29-39)42-19-14-13-18-40(42)33-47-44(51)20-17-21-45(52)48-53/h13-14,18-19,22-29,41,43,46,50,53H,3-12,15-17,20-21,30-35H2,1-2H3,(H,47,51)(H,48,52)/t41-,43+,46+/m0/s1. The number of rotatable bonds is 26. The van der Waals surface area contributed by atoms with Gasteiger partial charge in [-0.05, 0) is 60.2 Å². The Morgan fingerprint density at radius 1 is 0.709 bits per heavy atom. The van der Waals surface area contributed by atoms with Crippen molar-refractivity contribution < 1.29 is 29.4 Å². The molecule has 3 aromatic carbocycles. The quantitative estimate of drug-likeness (QED) is 0.0366. The van der Waals surface area contributed by atoms with Gasteiger partial charge in [-0.1, -0.05) is 151 Å². The van der Waals surface area contributed by atoms with Gasteiger partial charge in [-0.25, -0.2) is 5.48 Å². The second kappa shape index (κ2) is 25.5. The first-order valence-electron chi connectivity index (χ1n) is 21.0. The van der Waals surface area contributed by atoms with E-state index in [1.54, 1.807) is 5.48 Å². The van der Waals surface area contributed by atoms with Crippen molar-refractivity contribution >= 4 is 11.8 Å². The monoisotopic (exact) mass is 758 g/mol. The van der Waals surface area contributed by atoms with Crippen molar-refractivity contribution in [3.8, 4) is 11.1 Å². The number of ether oxygens (including phenoxy) is 2. The minimum absolute atomic E-state index is 0.00323. The van der Waals surface area contributed by atoms with Crippen LogP contribution in [0.3, 0.4) is 0 Å². The van der Waals surface area contributed by atoms with Crippen LogP contribution in [0.25, 0.3) is 11.1 Å². The van der Waals surface area contributed by atoms with Gasteiger partial charge in [0, 0.05) is 37.9 Å². The lowest BCUT2D eigenvalue weighted by molar-refractivity contribution is -0.253. The van der Waals surface area contributed by atoms with Crippen LogP contribution in [0.1, 0.15) is 151 Å². The van der Waals surface area contributed by atoms with Gasteiger partial charge in [0.2, 0.25) is 11.8 Å². The summed E-state index contributed by atoms with van der Waals surface area (Å²) in [7, 11) is 0. The first-order chi connectivity index (χ1) is 26.9. The fourth-order valence-electron chi connectivity index (χ4n) is 7.37. The predicted molar refractivity (Wildman–Crippen MR) is 219 cm³/mol. The van der Waals surface area contributed by atoms with Crippen LogP contribution >= 0.6 is 0 Å². The van der Waals surface area contributed by atoms with Crippen LogP contribution in [0.4, 0.5) is 0 Å². The molecule has 9 nitrogen and oxygen atoms in total. The van der Waals surface area contributed by atoms with Gasteiger partial charge in [0.25, 0.3) is 0 Å². The molecule has 1 aliphatic heterocycles. The van der Waals surface area contributed by atoms with Gasteiger partial charge < -0.3 is 24.8 Å². The molecular weight excluding hydrogens is 691 g/mol. The highest BCUT2D eigenvalue weighted by Gasteiger charge is 2.33. The van der Waals surface area contributed by atoms with Crippen LogP contribution < -0.4 is 10.8 Å². The van der Waals surface area contributed by atoms with Crippen molar-refractivity contribution in [3.05, 3.63) is 95.1 Å². The van der Waals surface area contributed by atoms with Crippen LogP contribution in [0.2, 0.25) is 0 Å². The van der Waals surface area contributed by atoms with E-state index in [2.05, 4.69) is 66.5 Å². The second-order valence-electron chi connectivity index (χ2n) is 15.1. The molecule has 3 aromatic rings. The van der Waals surface area contributed by atoms with Crippen molar-refractivity contribution in [1.29, 1.82) is 0 Å². The van der Waals surface area contributed by atoms with Gasteiger partial charge in [-0.15, -0.1) is 0 Å². The Morgan fingerprint density at radius 2 is 1.31 bits per heavy atom. The molecule has 1 saturated heterocycles. The third kappa shape index (κ3) is 15.8. The van der Waals surface area contributed by atoms with E-state index in [4.69, 9.17) is 14.7 Å². The van der Waals surface area contributed by atoms with E-state index in [-0.39, 0.29) is 37.6 Å². The van der Waals surface area contributed by atoms with E-state index < -0.39 is 12.2 Å². The number of aliphatic hydroxyl groups excluding tert-OH is 1. The average molecular weight is 758 g/mol. The van der Waals surface area contributed by atoms with E-state index in [0.29, 0.717) is 13.0 Å². The molecule has 0 aliphatic carbocycles. The summed E-state index contributed by atoms with van der Waals surface area (Å²) in [4.78, 5) is 26.4. The number of carbonyl (C=O) groups excluding carboxylic acids is 2. The zero-order valence-corrected chi connectivity index (χ0v) is 33.5. The van der Waals surface area contributed by atoms with Gasteiger partial charge in [0.05, 0.1) is 18.8 Å². The fourth-order valence-corrected chi connectivity index (χ4v) is 7.37. The number of hydroxylamine groups is 1. The van der Waals surface area contributed by atoms with Crippen molar-refractivity contribution in [2.45, 2.75) is 148 Å². The second-order valence-corrected chi connectivity index (χ2v) is 15.1. The fraction of sp³-hybridized carbons (Fsp3) is 0.565. The largest absolute Gasteiger partial charge is 0.392 e. The number of unbranched alkanes of at least 4 members (excludes halogenated alkanes) is 10. The van der Waals surface area contributed by atoms with Gasteiger partial charge >= 0.3 is 0 Å². The summed E-state index contributed by atoms with van der Waals surface area (Å²) in [6, 6.07) is 24.5. The Kier molecular flexibility index (Phi) is 20.5. The maximum atomic E-state index is 12.5. The summed E-state index contributed by atoms with van der Waals surface area (Å²) in [5.41, 5.74) is 7.59. The molecule has 9 heteroatoms. The SMILES string of the molecule is CCCCCCCCN(CCCCCCCC)C[C@@H]1C[C@H](c2ccc(CO)cc2)O[C@H](c2ccc(-c3ccccc3CNC(=O)CCCC(=O)NO)cc2)O1. The van der Waals surface area contributed by atoms with Crippen molar-refractivity contribution in [2.24, 2.45) is 0 Å². The Hall–Kier alpha value is -3.60. The lowest BCUT2D eigenvalue weighted by Crippen LogP contribution is -2.40. The van der Waals surface area contributed by atoms with E-state index >= 15 is 0 Å². The van der Waals surface area contributed by atoms with Gasteiger partial charge in [-0.3, -0.25) is 14.8 Å². The van der Waals surface area contributed by atoms with Crippen LogP contribution in [0.15, 0.2) is 72.8 Å². The molecule has 4 rings (SSSR count). The summed E-state index contributed by atoms with van der Waals surface area (Å²) < 4.78 is 13.5. The van der Waals surface area contributed by atoms with E-state index in [1.165, 1.54) is 77.0 Å². The Bertz CT molecular complexity index is 1500. The maximum Gasteiger partial charge on any atom is 0.243 e. The highest BCUT2D eigenvalue weighted by atomic mass is 16.7. The molecule has 1 aliphatic rings. The summed E-state index contributed by atoms with van der Waals surface area (Å²) in [5, 5.41) is 21.3. The van der Waals surface area contributed by atoms with Crippen LogP contribution in [-0.2, 0) is 32.2 Å². The van der Waals surface area contributed by atoms with E-state index in [9.17, 15) is 14.7 Å². The maximum absolute atomic E-state index is 12.5. The van der Waals surface area contributed by atoms with Crippen molar-refractivity contribution in [1.82, 2.24) is 15.7 Å². The van der Waals surface area contributed by atoms with Crippen LogP contribution in [0.5, 0.6) is 0 Å². The smallest absolute Gasteiger partial charge is 0.243 e.